The van der Waals surface area contributed by atoms with E-state index in [1.807, 2.05) is 17.8 Å². The Kier molecular flexibility index (Phi) is 4.81. The molecule has 3 rings (SSSR count). The van der Waals surface area contributed by atoms with Crippen LogP contribution in [0, 0.1) is 0 Å². The van der Waals surface area contributed by atoms with Gasteiger partial charge in [0.1, 0.15) is 0 Å². The fourth-order valence-corrected chi connectivity index (χ4v) is 4.23. The first kappa shape index (κ1) is 14.6. The summed E-state index contributed by atoms with van der Waals surface area (Å²) < 4.78 is 0. The van der Waals surface area contributed by atoms with E-state index >= 15 is 0 Å². The van der Waals surface area contributed by atoms with Gasteiger partial charge in [-0.25, -0.2) is 4.99 Å². The first-order valence-electron chi connectivity index (χ1n) is 6.35. The van der Waals surface area contributed by atoms with Crippen molar-refractivity contribution in [2.75, 3.05) is 24.6 Å². The van der Waals surface area contributed by atoms with Crippen molar-refractivity contribution in [3.05, 3.63) is 28.2 Å². The Morgan fingerprint density at radius 2 is 2.05 bits per heavy atom. The number of halogens is 2. The van der Waals surface area contributed by atoms with E-state index in [4.69, 9.17) is 23.2 Å². The standard InChI is InChI=1S/C13H13Cl2N3S2/c14-10-3-2-9(8-11(10)15)17-13-18(5-7-20-13)12-16-4-1-6-19-12/h2-3,8H,1,4-7H2. The predicted molar refractivity (Wildman–Crippen MR) is 92.1 cm³/mol. The molecule has 0 saturated carbocycles. The molecule has 0 radical (unpaired) electrons. The Labute approximate surface area is 136 Å². The van der Waals surface area contributed by atoms with Crippen LogP contribution in [0.3, 0.4) is 0 Å². The first-order chi connectivity index (χ1) is 9.74. The van der Waals surface area contributed by atoms with E-state index in [0.717, 1.165) is 47.0 Å². The third-order valence-corrected chi connectivity index (χ3v) is 5.71. The fraction of sp³-hybridized carbons (Fsp3) is 0.385. The third-order valence-electron chi connectivity index (χ3n) is 2.92. The van der Waals surface area contributed by atoms with E-state index in [9.17, 15) is 0 Å². The summed E-state index contributed by atoms with van der Waals surface area (Å²) in [5, 5.41) is 3.18. The highest BCUT2D eigenvalue weighted by Crippen LogP contribution is 2.30. The van der Waals surface area contributed by atoms with Crippen LogP contribution in [-0.2, 0) is 0 Å². The van der Waals surface area contributed by atoms with Crippen LogP contribution in [0.1, 0.15) is 6.42 Å². The number of hydrogen-bond acceptors (Lipinski definition) is 4. The lowest BCUT2D eigenvalue weighted by atomic mass is 10.3. The van der Waals surface area contributed by atoms with Crippen LogP contribution >= 0.6 is 46.7 Å². The van der Waals surface area contributed by atoms with Crippen molar-refractivity contribution in [2.24, 2.45) is 9.98 Å². The van der Waals surface area contributed by atoms with E-state index in [-0.39, 0.29) is 0 Å². The number of rotatable bonds is 1. The van der Waals surface area contributed by atoms with Crippen molar-refractivity contribution in [3.8, 4) is 0 Å². The molecule has 3 nitrogen and oxygen atoms in total. The van der Waals surface area contributed by atoms with Gasteiger partial charge in [-0.2, -0.15) is 0 Å². The molecule has 2 aliphatic rings. The molecule has 0 spiro atoms. The van der Waals surface area contributed by atoms with Gasteiger partial charge in [0.15, 0.2) is 10.3 Å². The molecular weight excluding hydrogens is 333 g/mol. The molecule has 2 heterocycles. The first-order valence-corrected chi connectivity index (χ1v) is 9.08. The van der Waals surface area contributed by atoms with Crippen LogP contribution in [0.5, 0.6) is 0 Å². The van der Waals surface area contributed by atoms with Gasteiger partial charge in [0, 0.05) is 24.6 Å². The second-order valence-electron chi connectivity index (χ2n) is 4.36. The van der Waals surface area contributed by atoms with E-state index in [1.165, 1.54) is 0 Å². The van der Waals surface area contributed by atoms with Gasteiger partial charge in [0.25, 0.3) is 0 Å². The van der Waals surface area contributed by atoms with Crippen molar-refractivity contribution in [1.82, 2.24) is 4.90 Å². The quantitative estimate of drug-likeness (QED) is 0.748. The highest BCUT2D eigenvalue weighted by molar-refractivity contribution is 8.16. The smallest absolute Gasteiger partial charge is 0.170 e. The van der Waals surface area contributed by atoms with Crippen molar-refractivity contribution in [1.29, 1.82) is 0 Å². The lowest BCUT2D eigenvalue weighted by Crippen LogP contribution is -2.31. The van der Waals surface area contributed by atoms with Crippen molar-refractivity contribution in [3.63, 3.8) is 0 Å². The maximum absolute atomic E-state index is 6.03. The van der Waals surface area contributed by atoms with Crippen molar-refractivity contribution in [2.45, 2.75) is 6.42 Å². The van der Waals surface area contributed by atoms with E-state index < -0.39 is 0 Å². The fourth-order valence-electron chi connectivity index (χ4n) is 1.95. The second kappa shape index (κ2) is 6.60. The van der Waals surface area contributed by atoms with Gasteiger partial charge in [0.05, 0.1) is 15.7 Å². The summed E-state index contributed by atoms with van der Waals surface area (Å²) in [7, 11) is 0. The molecule has 0 unspecified atom stereocenters. The summed E-state index contributed by atoms with van der Waals surface area (Å²) in [5.74, 6) is 2.18. The lowest BCUT2D eigenvalue weighted by molar-refractivity contribution is 0.680. The number of nitrogens with zero attached hydrogens (tertiary/aromatic N) is 3. The lowest BCUT2D eigenvalue weighted by Gasteiger charge is -2.22. The summed E-state index contributed by atoms with van der Waals surface area (Å²) in [6, 6.07) is 5.46. The Balaban J connectivity index is 1.85. The number of thioether (sulfide) groups is 2. The number of hydrogen-bond donors (Lipinski definition) is 0. The Morgan fingerprint density at radius 1 is 1.15 bits per heavy atom. The predicted octanol–water partition coefficient (Wildman–Crippen LogP) is 4.52. The molecule has 0 aliphatic carbocycles. The molecule has 0 atom stereocenters. The van der Waals surface area contributed by atoms with Crippen LogP contribution in [0.25, 0.3) is 0 Å². The highest BCUT2D eigenvalue weighted by atomic mass is 35.5. The Bertz CT molecular complexity index is 575. The van der Waals surface area contributed by atoms with Crippen LogP contribution in [0.15, 0.2) is 28.2 Å². The zero-order valence-corrected chi connectivity index (χ0v) is 13.8. The zero-order chi connectivity index (χ0) is 13.9. The SMILES string of the molecule is Clc1ccc(N=C2SCCN2C2=NCCCS2)cc1Cl. The number of aliphatic imine (C=N–C) groups is 2. The Hall–Kier alpha value is -0.360. The van der Waals surface area contributed by atoms with Gasteiger partial charge in [-0.3, -0.25) is 9.89 Å². The summed E-state index contributed by atoms with van der Waals surface area (Å²) >= 11 is 15.5. The van der Waals surface area contributed by atoms with Gasteiger partial charge in [-0.05, 0) is 24.6 Å². The average molecular weight is 346 g/mol. The largest absolute Gasteiger partial charge is 0.299 e. The summed E-state index contributed by atoms with van der Waals surface area (Å²) in [4.78, 5) is 11.5. The summed E-state index contributed by atoms with van der Waals surface area (Å²) in [6.07, 6.45) is 1.16. The topological polar surface area (TPSA) is 28.0 Å². The monoisotopic (exact) mass is 345 g/mol. The second-order valence-corrected chi connectivity index (χ2v) is 7.30. The molecule has 7 heteroatoms. The zero-order valence-electron chi connectivity index (χ0n) is 10.7. The van der Waals surface area contributed by atoms with E-state index in [1.54, 1.807) is 23.9 Å². The number of amidine groups is 2. The van der Waals surface area contributed by atoms with Gasteiger partial charge < -0.3 is 0 Å². The molecule has 0 aromatic heterocycles. The molecule has 1 aromatic carbocycles. The molecule has 106 valence electrons. The molecule has 20 heavy (non-hydrogen) atoms. The molecule has 1 fully saturated rings. The maximum atomic E-state index is 6.03. The van der Waals surface area contributed by atoms with E-state index in [2.05, 4.69) is 14.9 Å². The van der Waals surface area contributed by atoms with Gasteiger partial charge in [-0.1, -0.05) is 46.7 Å². The average Bonchev–Trinajstić information content (AvgIpc) is 2.92. The Morgan fingerprint density at radius 3 is 2.80 bits per heavy atom. The molecule has 2 aliphatic heterocycles. The minimum atomic E-state index is 0.535. The van der Waals surface area contributed by atoms with Crippen LogP contribution < -0.4 is 0 Å². The van der Waals surface area contributed by atoms with Gasteiger partial charge in [-0.15, -0.1) is 0 Å². The normalized spacial score (nSPS) is 21.4. The summed E-state index contributed by atoms with van der Waals surface area (Å²) in [5.41, 5.74) is 0.829. The van der Waals surface area contributed by atoms with Crippen LogP contribution in [0.2, 0.25) is 10.0 Å². The van der Waals surface area contributed by atoms with Crippen molar-refractivity contribution >= 4 is 62.7 Å². The summed E-state index contributed by atoms with van der Waals surface area (Å²) in [6.45, 7) is 1.89. The third kappa shape index (κ3) is 3.27. The van der Waals surface area contributed by atoms with Crippen LogP contribution in [0.4, 0.5) is 5.69 Å². The molecule has 1 aromatic rings. The highest BCUT2D eigenvalue weighted by Gasteiger charge is 2.25. The minimum Gasteiger partial charge on any atom is -0.299 e. The van der Waals surface area contributed by atoms with Gasteiger partial charge >= 0.3 is 0 Å². The van der Waals surface area contributed by atoms with E-state index in [0.29, 0.717) is 10.0 Å². The van der Waals surface area contributed by atoms with Gasteiger partial charge in [0.2, 0.25) is 0 Å². The molecule has 0 bridgehead atoms. The van der Waals surface area contributed by atoms with Crippen molar-refractivity contribution < 1.29 is 0 Å². The molecular formula is C13H13Cl2N3S2. The molecule has 1 saturated heterocycles. The van der Waals surface area contributed by atoms with Crippen LogP contribution in [-0.4, -0.2) is 39.8 Å². The minimum absolute atomic E-state index is 0.535. The number of benzene rings is 1. The maximum Gasteiger partial charge on any atom is 0.170 e. The molecule has 0 amide bonds. The molecule has 0 N–H and O–H groups in total.